The number of nitrogens with one attached hydrogen (secondary N) is 1. The molecule has 7 heteroatoms. The molecule has 144 valence electrons. The van der Waals surface area contributed by atoms with Crippen LogP contribution in [0.1, 0.15) is 21.5 Å². The molecule has 29 heavy (non-hydrogen) atoms. The van der Waals surface area contributed by atoms with Crippen molar-refractivity contribution in [3.05, 3.63) is 71.5 Å². The van der Waals surface area contributed by atoms with Crippen LogP contribution in [0.4, 0.5) is 5.82 Å². The van der Waals surface area contributed by atoms with Gasteiger partial charge in [0.05, 0.1) is 11.7 Å². The number of aromatic nitrogens is 4. The molecular formula is C22H20N6O. The average molecular weight is 384 g/mol. The van der Waals surface area contributed by atoms with Crippen molar-refractivity contribution in [1.82, 2.24) is 24.9 Å². The number of fused-ring (bicyclic) bond motifs is 2. The van der Waals surface area contributed by atoms with Gasteiger partial charge in [-0.3, -0.25) is 14.4 Å². The minimum absolute atomic E-state index is 0.181. The van der Waals surface area contributed by atoms with Crippen molar-refractivity contribution < 1.29 is 4.79 Å². The highest BCUT2D eigenvalue weighted by Crippen LogP contribution is 2.25. The third-order valence-corrected chi connectivity index (χ3v) is 5.21. The molecule has 0 spiro atoms. The summed E-state index contributed by atoms with van der Waals surface area (Å²) < 4.78 is 1.77. The third kappa shape index (κ3) is 3.36. The minimum Gasteiger partial charge on any atom is -0.305 e. The number of carbonyl (C=O) groups is 1. The van der Waals surface area contributed by atoms with E-state index in [-0.39, 0.29) is 5.91 Å². The lowest BCUT2D eigenvalue weighted by Gasteiger charge is -2.07. The molecule has 1 aliphatic rings. The molecule has 0 bridgehead atoms. The molecular weight excluding hydrogens is 364 g/mol. The van der Waals surface area contributed by atoms with Gasteiger partial charge < -0.3 is 5.32 Å². The van der Waals surface area contributed by atoms with Crippen LogP contribution in [0.3, 0.4) is 0 Å². The van der Waals surface area contributed by atoms with E-state index in [4.69, 9.17) is 0 Å². The molecule has 3 heterocycles. The largest absolute Gasteiger partial charge is 0.305 e. The first kappa shape index (κ1) is 17.5. The maximum absolute atomic E-state index is 12.7. The van der Waals surface area contributed by atoms with Gasteiger partial charge in [0.15, 0.2) is 5.82 Å². The highest BCUT2D eigenvalue weighted by atomic mass is 16.1. The third-order valence-electron chi connectivity index (χ3n) is 5.21. The summed E-state index contributed by atoms with van der Waals surface area (Å²) in [6.07, 6.45) is 3.79. The molecule has 0 fully saturated rings. The van der Waals surface area contributed by atoms with Crippen LogP contribution in [0.15, 0.2) is 54.9 Å². The van der Waals surface area contributed by atoms with Crippen LogP contribution in [-0.2, 0) is 20.1 Å². The predicted octanol–water partition coefficient (Wildman–Crippen LogP) is 3.23. The molecule has 1 aliphatic heterocycles. The SMILES string of the molecule is CN1Cc2ccc(C(=O)Nc3cc4cc(-c5cnn(C)c5)ccc4nn3)cc2C1. The van der Waals surface area contributed by atoms with E-state index >= 15 is 0 Å². The van der Waals surface area contributed by atoms with Crippen LogP contribution in [0.2, 0.25) is 0 Å². The van der Waals surface area contributed by atoms with E-state index in [1.165, 1.54) is 11.1 Å². The Bertz CT molecular complexity index is 1250. The number of rotatable bonds is 3. The van der Waals surface area contributed by atoms with Crippen molar-refractivity contribution >= 4 is 22.6 Å². The van der Waals surface area contributed by atoms with Crippen molar-refractivity contribution in [1.29, 1.82) is 0 Å². The van der Waals surface area contributed by atoms with Crippen LogP contribution in [0.5, 0.6) is 0 Å². The van der Waals surface area contributed by atoms with Gasteiger partial charge in [0.1, 0.15) is 0 Å². The maximum Gasteiger partial charge on any atom is 0.256 e. The van der Waals surface area contributed by atoms with Crippen LogP contribution >= 0.6 is 0 Å². The van der Waals surface area contributed by atoms with Crippen molar-refractivity contribution in [3.63, 3.8) is 0 Å². The molecule has 0 atom stereocenters. The van der Waals surface area contributed by atoms with Gasteiger partial charge in [-0.25, -0.2) is 0 Å². The molecule has 1 N–H and O–H groups in total. The Morgan fingerprint density at radius 1 is 0.966 bits per heavy atom. The molecule has 0 aliphatic carbocycles. The lowest BCUT2D eigenvalue weighted by Crippen LogP contribution is -2.13. The quantitative estimate of drug-likeness (QED) is 0.587. The van der Waals surface area contributed by atoms with Crippen LogP contribution in [0, 0.1) is 0 Å². The molecule has 0 unspecified atom stereocenters. The second kappa shape index (κ2) is 6.79. The number of amides is 1. The van der Waals surface area contributed by atoms with Gasteiger partial charge in [0.2, 0.25) is 0 Å². The predicted molar refractivity (Wildman–Crippen MR) is 111 cm³/mol. The summed E-state index contributed by atoms with van der Waals surface area (Å²) in [7, 11) is 3.96. The van der Waals surface area contributed by atoms with Gasteiger partial charge in [-0.2, -0.15) is 5.10 Å². The molecule has 0 radical (unpaired) electrons. The Balaban J connectivity index is 1.41. The van der Waals surface area contributed by atoms with Crippen molar-refractivity contribution in [2.75, 3.05) is 12.4 Å². The average Bonchev–Trinajstić information content (AvgIpc) is 3.31. The smallest absolute Gasteiger partial charge is 0.256 e. The standard InChI is InChI=1S/C22H20N6O/c1-27-11-16-4-3-15(8-18(16)12-27)22(29)24-21-9-17-7-14(5-6-20(17)25-26-21)19-10-23-28(2)13-19/h3-10,13H,11-12H2,1-2H3,(H,24,26,29). The fourth-order valence-electron chi connectivity index (χ4n) is 3.75. The molecule has 7 nitrogen and oxygen atoms in total. The van der Waals surface area contributed by atoms with Gasteiger partial charge in [0, 0.05) is 42.8 Å². The molecule has 2 aromatic heterocycles. The number of aryl methyl sites for hydroxylation is 1. The summed E-state index contributed by atoms with van der Waals surface area (Å²) in [6, 6.07) is 13.6. The fourth-order valence-corrected chi connectivity index (χ4v) is 3.75. The highest BCUT2D eigenvalue weighted by Gasteiger charge is 2.18. The van der Waals surface area contributed by atoms with Crippen LogP contribution in [-0.4, -0.2) is 37.8 Å². The number of anilines is 1. The molecule has 0 saturated carbocycles. The van der Waals surface area contributed by atoms with Gasteiger partial charge in [-0.05, 0) is 54.1 Å². The Hall–Kier alpha value is -3.58. The molecule has 2 aromatic carbocycles. The Kier molecular flexibility index (Phi) is 4.10. The zero-order valence-electron chi connectivity index (χ0n) is 16.3. The van der Waals surface area contributed by atoms with E-state index in [0.29, 0.717) is 11.4 Å². The Morgan fingerprint density at radius 3 is 2.66 bits per heavy atom. The van der Waals surface area contributed by atoms with E-state index in [9.17, 15) is 4.79 Å². The van der Waals surface area contributed by atoms with Crippen molar-refractivity contribution in [3.8, 4) is 11.1 Å². The first-order valence-electron chi connectivity index (χ1n) is 9.43. The van der Waals surface area contributed by atoms with Crippen LogP contribution < -0.4 is 5.32 Å². The lowest BCUT2D eigenvalue weighted by atomic mass is 10.1. The Morgan fingerprint density at radius 2 is 1.83 bits per heavy atom. The van der Waals surface area contributed by atoms with Gasteiger partial charge in [-0.15, -0.1) is 10.2 Å². The fraction of sp³-hybridized carbons (Fsp3) is 0.182. The first-order chi connectivity index (χ1) is 14.0. The van der Waals surface area contributed by atoms with Crippen LogP contribution in [0.25, 0.3) is 22.0 Å². The Labute approximate surface area is 168 Å². The molecule has 0 saturated heterocycles. The minimum atomic E-state index is -0.181. The van der Waals surface area contributed by atoms with E-state index in [0.717, 1.165) is 35.1 Å². The summed E-state index contributed by atoms with van der Waals surface area (Å²) in [5.74, 6) is 0.253. The first-order valence-corrected chi connectivity index (χ1v) is 9.43. The monoisotopic (exact) mass is 384 g/mol. The number of carbonyl (C=O) groups excluding carboxylic acids is 1. The van der Waals surface area contributed by atoms with Gasteiger partial charge in [0.25, 0.3) is 5.91 Å². The zero-order valence-corrected chi connectivity index (χ0v) is 16.3. The van der Waals surface area contributed by atoms with E-state index in [2.05, 4.69) is 32.6 Å². The second-order valence-electron chi connectivity index (χ2n) is 7.52. The summed E-state index contributed by atoms with van der Waals surface area (Å²) in [6.45, 7) is 1.79. The molecule has 4 aromatic rings. The summed E-state index contributed by atoms with van der Waals surface area (Å²) >= 11 is 0. The zero-order chi connectivity index (χ0) is 20.0. The van der Waals surface area contributed by atoms with Crippen molar-refractivity contribution in [2.24, 2.45) is 7.05 Å². The summed E-state index contributed by atoms with van der Waals surface area (Å²) in [4.78, 5) is 14.9. The number of hydrogen-bond acceptors (Lipinski definition) is 5. The summed E-state index contributed by atoms with van der Waals surface area (Å²) in [5, 5.41) is 16.4. The van der Waals surface area contributed by atoms with Crippen molar-refractivity contribution in [2.45, 2.75) is 13.1 Å². The van der Waals surface area contributed by atoms with Gasteiger partial charge >= 0.3 is 0 Å². The normalized spacial score (nSPS) is 13.6. The van der Waals surface area contributed by atoms with Gasteiger partial charge in [-0.1, -0.05) is 12.1 Å². The highest BCUT2D eigenvalue weighted by molar-refractivity contribution is 6.04. The molecule has 1 amide bonds. The lowest BCUT2D eigenvalue weighted by molar-refractivity contribution is 0.102. The number of nitrogens with zero attached hydrogens (tertiary/aromatic N) is 5. The number of benzene rings is 2. The van der Waals surface area contributed by atoms with E-state index < -0.39 is 0 Å². The molecule has 5 rings (SSSR count). The maximum atomic E-state index is 12.7. The van der Waals surface area contributed by atoms with E-state index in [1.807, 2.05) is 61.9 Å². The van der Waals surface area contributed by atoms with E-state index in [1.54, 1.807) is 4.68 Å². The summed E-state index contributed by atoms with van der Waals surface area (Å²) in [5.41, 5.74) is 5.95. The second-order valence-corrected chi connectivity index (χ2v) is 7.52. The number of hydrogen-bond donors (Lipinski definition) is 1. The topological polar surface area (TPSA) is 75.9 Å².